The zero-order valence-electron chi connectivity index (χ0n) is 10.5. The normalized spacial score (nSPS) is 17.1. The quantitative estimate of drug-likeness (QED) is 0.878. The number of pyridine rings is 1. The Balaban J connectivity index is 1.91. The molecule has 3 heteroatoms. The fourth-order valence-corrected chi connectivity index (χ4v) is 2.67. The van der Waals surface area contributed by atoms with Gasteiger partial charge in [0.2, 0.25) is 0 Å². The number of nitrogens with zero attached hydrogens (tertiary/aromatic N) is 1. The van der Waals surface area contributed by atoms with E-state index in [0.29, 0.717) is 0 Å². The van der Waals surface area contributed by atoms with Crippen molar-refractivity contribution in [1.82, 2.24) is 9.88 Å². The number of H-pyrrole nitrogens is 1. The number of fused-ring (bicyclic) bond motifs is 1. The molecule has 1 aliphatic rings. The molecule has 0 aliphatic carbocycles. The predicted molar refractivity (Wildman–Crippen MR) is 73.7 cm³/mol. The van der Waals surface area contributed by atoms with Gasteiger partial charge in [0, 0.05) is 17.6 Å². The van der Waals surface area contributed by atoms with E-state index in [0.717, 1.165) is 36.1 Å². The highest BCUT2D eigenvalue weighted by Gasteiger charge is 2.12. The van der Waals surface area contributed by atoms with Crippen molar-refractivity contribution in [1.29, 1.82) is 0 Å². The molecule has 0 amide bonds. The number of para-hydroxylation sites is 1. The fourth-order valence-electron chi connectivity index (χ4n) is 2.67. The SMILES string of the molecule is O=c1[nH]c2ccccc2cc1CN1CCCCC1. The Labute approximate surface area is 106 Å². The Hall–Kier alpha value is -1.61. The van der Waals surface area contributed by atoms with Crippen LogP contribution in [-0.4, -0.2) is 23.0 Å². The number of likely N-dealkylation sites (tertiary alicyclic amines) is 1. The van der Waals surface area contributed by atoms with Crippen LogP contribution >= 0.6 is 0 Å². The van der Waals surface area contributed by atoms with Crippen molar-refractivity contribution in [3.05, 3.63) is 46.2 Å². The monoisotopic (exact) mass is 242 g/mol. The molecule has 1 aromatic heterocycles. The molecule has 2 heterocycles. The molecular formula is C15H18N2O. The smallest absolute Gasteiger partial charge is 0.252 e. The Kier molecular flexibility index (Phi) is 3.15. The lowest BCUT2D eigenvalue weighted by atomic mass is 10.1. The molecule has 0 unspecified atom stereocenters. The van der Waals surface area contributed by atoms with E-state index in [1.807, 2.05) is 30.3 Å². The number of hydrogen-bond acceptors (Lipinski definition) is 2. The van der Waals surface area contributed by atoms with Crippen LogP contribution in [0.3, 0.4) is 0 Å². The van der Waals surface area contributed by atoms with Crippen LogP contribution in [0.5, 0.6) is 0 Å². The van der Waals surface area contributed by atoms with Crippen LogP contribution in [0.2, 0.25) is 0 Å². The third-order valence-corrected chi connectivity index (χ3v) is 3.67. The molecule has 1 fully saturated rings. The van der Waals surface area contributed by atoms with Gasteiger partial charge in [0.25, 0.3) is 5.56 Å². The van der Waals surface area contributed by atoms with E-state index >= 15 is 0 Å². The summed E-state index contributed by atoms with van der Waals surface area (Å²) in [5.41, 5.74) is 1.86. The van der Waals surface area contributed by atoms with Gasteiger partial charge >= 0.3 is 0 Å². The molecule has 18 heavy (non-hydrogen) atoms. The molecule has 0 radical (unpaired) electrons. The number of hydrogen-bond donors (Lipinski definition) is 1. The molecular weight excluding hydrogens is 224 g/mol. The van der Waals surface area contributed by atoms with Gasteiger partial charge in [-0.05, 0) is 43.5 Å². The number of rotatable bonds is 2. The largest absolute Gasteiger partial charge is 0.322 e. The number of aromatic amines is 1. The van der Waals surface area contributed by atoms with Crippen LogP contribution < -0.4 is 5.56 Å². The van der Waals surface area contributed by atoms with Gasteiger partial charge < -0.3 is 4.98 Å². The van der Waals surface area contributed by atoms with Gasteiger partial charge in [-0.1, -0.05) is 24.6 Å². The zero-order valence-corrected chi connectivity index (χ0v) is 10.5. The first kappa shape index (κ1) is 11.5. The van der Waals surface area contributed by atoms with Gasteiger partial charge in [-0.25, -0.2) is 0 Å². The highest BCUT2D eigenvalue weighted by Crippen LogP contribution is 2.14. The minimum atomic E-state index is 0.0549. The summed E-state index contributed by atoms with van der Waals surface area (Å²) >= 11 is 0. The molecule has 94 valence electrons. The van der Waals surface area contributed by atoms with Gasteiger partial charge in [-0.2, -0.15) is 0 Å². The Bertz CT molecular complexity index is 597. The highest BCUT2D eigenvalue weighted by molar-refractivity contribution is 5.78. The van der Waals surface area contributed by atoms with E-state index in [2.05, 4.69) is 9.88 Å². The van der Waals surface area contributed by atoms with Crippen molar-refractivity contribution in [2.45, 2.75) is 25.8 Å². The molecule has 1 N–H and O–H groups in total. The van der Waals surface area contributed by atoms with E-state index in [-0.39, 0.29) is 5.56 Å². The molecule has 2 aromatic rings. The van der Waals surface area contributed by atoms with E-state index in [9.17, 15) is 4.79 Å². The first-order chi connectivity index (χ1) is 8.83. The van der Waals surface area contributed by atoms with Crippen molar-refractivity contribution >= 4 is 10.9 Å². The predicted octanol–water partition coefficient (Wildman–Crippen LogP) is 2.51. The van der Waals surface area contributed by atoms with Gasteiger partial charge in [-0.3, -0.25) is 9.69 Å². The molecule has 1 saturated heterocycles. The number of piperidine rings is 1. The molecule has 0 atom stereocenters. The molecule has 0 spiro atoms. The summed E-state index contributed by atoms with van der Waals surface area (Å²) in [5, 5.41) is 1.11. The minimum Gasteiger partial charge on any atom is -0.322 e. The summed E-state index contributed by atoms with van der Waals surface area (Å²) in [6.07, 6.45) is 3.83. The number of benzene rings is 1. The Morgan fingerprint density at radius 2 is 1.89 bits per heavy atom. The lowest BCUT2D eigenvalue weighted by Gasteiger charge is -2.26. The fraction of sp³-hybridized carbons (Fsp3) is 0.400. The van der Waals surface area contributed by atoms with Crippen molar-refractivity contribution in [2.24, 2.45) is 0 Å². The molecule has 0 bridgehead atoms. The van der Waals surface area contributed by atoms with Crippen molar-refractivity contribution in [3.8, 4) is 0 Å². The summed E-state index contributed by atoms with van der Waals surface area (Å²) in [7, 11) is 0. The summed E-state index contributed by atoms with van der Waals surface area (Å²) in [4.78, 5) is 17.4. The minimum absolute atomic E-state index is 0.0549. The molecule has 3 rings (SSSR count). The average Bonchev–Trinajstić information content (AvgIpc) is 2.41. The second kappa shape index (κ2) is 4.94. The molecule has 1 aliphatic heterocycles. The Morgan fingerprint density at radius 1 is 1.11 bits per heavy atom. The second-order valence-corrected chi connectivity index (χ2v) is 5.05. The van der Waals surface area contributed by atoms with E-state index < -0.39 is 0 Å². The van der Waals surface area contributed by atoms with Crippen LogP contribution in [0.25, 0.3) is 10.9 Å². The summed E-state index contributed by atoms with van der Waals surface area (Å²) < 4.78 is 0. The molecule has 1 aromatic carbocycles. The van der Waals surface area contributed by atoms with Crippen molar-refractivity contribution < 1.29 is 0 Å². The number of nitrogens with one attached hydrogen (secondary N) is 1. The second-order valence-electron chi connectivity index (χ2n) is 5.05. The lowest BCUT2D eigenvalue weighted by molar-refractivity contribution is 0.220. The van der Waals surface area contributed by atoms with Gasteiger partial charge in [-0.15, -0.1) is 0 Å². The van der Waals surface area contributed by atoms with Crippen molar-refractivity contribution in [2.75, 3.05) is 13.1 Å². The van der Waals surface area contributed by atoms with Crippen LogP contribution in [0.1, 0.15) is 24.8 Å². The van der Waals surface area contributed by atoms with E-state index in [1.54, 1.807) is 0 Å². The summed E-state index contributed by atoms with van der Waals surface area (Å²) in [5.74, 6) is 0. The average molecular weight is 242 g/mol. The number of aromatic nitrogens is 1. The molecule has 3 nitrogen and oxygen atoms in total. The van der Waals surface area contributed by atoms with Gasteiger partial charge in [0.1, 0.15) is 0 Å². The van der Waals surface area contributed by atoms with Gasteiger partial charge in [0.15, 0.2) is 0 Å². The summed E-state index contributed by atoms with van der Waals surface area (Å²) in [6, 6.07) is 9.98. The first-order valence-corrected chi connectivity index (χ1v) is 6.66. The Morgan fingerprint density at radius 3 is 2.72 bits per heavy atom. The van der Waals surface area contributed by atoms with Crippen LogP contribution in [-0.2, 0) is 6.54 Å². The third-order valence-electron chi connectivity index (χ3n) is 3.67. The maximum Gasteiger partial charge on any atom is 0.252 e. The standard InChI is InChI=1S/C15H18N2O/c18-15-13(11-17-8-4-1-5-9-17)10-12-6-2-3-7-14(12)16-15/h2-3,6-7,10H,1,4-5,8-9,11H2,(H,16,18). The maximum atomic E-state index is 12.0. The maximum absolute atomic E-state index is 12.0. The first-order valence-electron chi connectivity index (χ1n) is 6.66. The third kappa shape index (κ3) is 2.31. The topological polar surface area (TPSA) is 36.1 Å². The summed E-state index contributed by atoms with van der Waals surface area (Å²) in [6.45, 7) is 3.01. The zero-order chi connectivity index (χ0) is 12.4. The van der Waals surface area contributed by atoms with Crippen LogP contribution in [0, 0.1) is 0 Å². The van der Waals surface area contributed by atoms with E-state index in [1.165, 1.54) is 19.3 Å². The van der Waals surface area contributed by atoms with E-state index in [4.69, 9.17) is 0 Å². The van der Waals surface area contributed by atoms with Crippen LogP contribution in [0.4, 0.5) is 0 Å². The van der Waals surface area contributed by atoms with Crippen LogP contribution in [0.15, 0.2) is 35.1 Å². The molecule has 0 saturated carbocycles. The highest BCUT2D eigenvalue weighted by atomic mass is 16.1. The van der Waals surface area contributed by atoms with Crippen molar-refractivity contribution in [3.63, 3.8) is 0 Å². The van der Waals surface area contributed by atoms with Gasteiger partial charge in [0.05, 0.1) is 0 Å². The lowest BCUT2D eigenvalue weighted by Crippen LogP contribution is -2.31.